The van der Waals surface area contributed by atoms with E-state index in [-0.39, 0.29) is 23.7 Å². The third kappa shape index (κ3) is 3.78. The van der Waals surface area contributed by atoms with E-state index >= 15 is 0 Å². The zero-order valence-corrected chi connectivity index (χ0v) is 12.5. The number of nitrogens with one attached hydrogen (secondary N) is 2. The van der Waals surface area contributed by atoms with Gasteiger partial charge in [0, 0.05) is 19.1 Å². The fourth-order valence-corrected chi connectivity index (χ4v) is 2.65. The van der Waals surface area contributed by atoms with Gasteiger partial charge in [-0.05, 0) is 38.8 Å². The van der Waals surface area contributed by atoms with Crippen LogP contribution in [-0.2, 0) is 6.18 Å². The number of hydrazine groups is 1. The zero-order chi connectivity index (χ0) is 15.6. The largest absolute Gasteiger partial charge is 0.416 e. The lowest BCUT2D eigenvalue weighted by Gasteiger charge is -2.39. The van der Waals surface area contributed by atoms with Crippen molar-refractivity contribution in [2.45, 2.75) is 51.4 Å². The van der Waals surface area contributed by atoms with Crippen molar-refractivity contribution in [3.05, 3.63) is 17.7 Å². The maximum atomic E-state index is 12.9. The van der Waals surface area contributed by atoms with Crippen molar-refractivity contribution in [2.24, 2.45) is 0 Å². The van der Waals surface area contributed by atoms with Gasteiger partial charge in [-0.25, -0.2) is 9.99 Å². The summed E-state index contributed by atoms with van der Waals surface area (Å²) in [6.45, 7) is 4.13. The van der Waals surface area contributed by atoms with E-state index in [1.165, 1.54) is 0 Å². The predicted molar refractivity (Wildman–Crippen MR) is 77.0 cm³/mol. The molecule has 0 bridgehead atoms. The SMILES string of the molecule is CNc1cc(C(F)(F)F)cc(NN2C(C)CCCC2C)n1. The molecular weight excluding hydrogens is 281 g/mol. The third-order valence-corrected chi connectivity index (χ3v) is 3.85. The first-order valence-corrected chi connectivity index (χ1v) is 7.13. The van der Waals surface area contributed by atoms with Gasteiger partial charge in [-0.15, -0.1) is 0 Å². The Labute approximate surface area is 122 Å². The second-order valence-electron chi connectivity index (χ2n) is 5.52. The van der Waals surface area contributed by atoms with Gasteiger partial charge in [0.2, 0.25) is 0 Å². The van der Waals surface area contributed by atoms with Crippen molar-refractivity contribution < 1.29 is 13.2 Å². The van der Waals surface area contributed by atoms with Crippen LogP contribution in [0.5, 0.6) is 0 Å². The van der Waals surface area contributed by atoms with E-state index in [0.29, 0.717) is 0 Å². The Bertz CT molecular complexity index is 480. The summed E-state index contributed by atoms with van der Waals surface area (Å²) in [5.41, 5.74) is 2.34. The topological polar surface area (TPSA) is 40.2 Å². The second-order valence-corrected chi connectivity index (χ2v) is 5.52. The van der Waals surface area contributed by atoms with E-state index in [1.807, 2.05) is 5.01 Å². The van der Waals surface area contributed by atoms with Gasteiger partial charge < -0.3 is 10.7 Å². The zero-order valence-electron chi connectivity index (χ0n) is 12.5. The molecule has 118 valence electrons. The average Bonchev–Trinajstić information content (AvgIpc) is 2.42. The van der Waals surface area contributed by atoms with E-state index in [1.54, 1.807) is 7.05 Å². The van der Waals surface area contributed by atoms with Crippen LogP contribution in [0.15, 0.2) is 12.1 Å². The molecule has 1 aromatic rings. The lowest BCUT2D eigenvalue weighted by molar-refractivity contribution is -0.137. The monoisotopic (exact) mass is 302 g/mol. The Morgan fingerprint density at radius 3 is 2.24 bits per heavy atom. The van der Waals surface area contributed by atoms with Crippen LogP contribution in [0, 0.1) is 0 Å². The molecule has 2 N–H and O–H groups in total. The Kier molecular flexibility index (Phi) is 4.61. The van der Waals surface area contributed by atoms with Gasteiger partial charge >= 0.3 is 6.18 Å². The lowest BCUT2D eigenvalue weighted by atomic mass is 10.00. The quantitative estimate of drug-likeness (QED) is 0.892. The first-order valence-electron chi connectivity index (χ1n) is 7.13. The number of hydrogen-bond acceptors (Lipinski definition) is 4. The smallest absolute Gasteiger partial charge is 0.373 e. The summed E-state index contributed by atoms with van der Waals surface area (Å²) in [5, 5.41) is 4.66. The van der Waals surface area contributed by atoms with Gasteiger partial charge in [0.1, 0.15) is 11.6 Å². The fraction of sp³-hybridized carbons (Fsp3) is 0.643. The van der Waals surface area contributed by atoms with E-state index < -0.39 is 11.7 Å². The summed E-state index contributed by atoms with van der Waals surface area (Å²) in [7, 11) is 1.55. The summed E-state index contributed by atoms with van der Waals surface area (Å²) in [5.74, 6) is 0.416. The molecular formula is C14H21F3N4. The molecule has 1 fully saturated rings. The van der Waals surface area contributed by atoms with Gasteiger partial charge in [-0.3, -0.25) is 0 Å². The molecule has 0 saturated carbocycles. The molecule has 1 aromatic heterocycles. The summed E-state index contributed by atoms with van der Waals surface area (Å²) in [6, 6.07) is 2.59. The van der Waals surface area contributed by atoms with Crippen molar-refractivity contribution in [1.29, 1.82) is 0 Å². The number of piperidine rings is 1. The highest BCUT2D eigenvalue weighted by atomic mass is 19.4. The number of anilines is 2. The van der Waals surface area contributed by atoms with Crippen molar-refractivity contribution >= 4 is 11.6 Å². The summed E-state index contributed by atoms with van der Waals surface area (Å²) in [6.07, 6.45) is -1.20. The lowest BCUT2D eigenvalue weighted by Crippen LogP contribution is -2.47. The Balaban J connectivity index is 2.26. The molecule has 2 atom stereocenters. The van der Waals surface area contributed by atoms with E-state index in [2.05, 4.69) is 29.6 Å². The highest BCUT2D eigenvalue weighted by Gasteiger charge is 2.32. The van der Waals surface area contributed by atoms with E-state index in [4.69, 9.17) is 0 Å². The Hall–Kier alpha value is -1.50. The standard InChI is InChI=1S/C14H21F3N4/c1-9-5-4-6-10(2)21(9)20-13-8-11(14(15,16)17)7-12(18-3)19-13/h7-10H,4-6H2,1-3H3,(H2,18,19,20). The second kappa shape index (κ2) is 6.09. The van der Waals surface area contributed by atoms with Crippen molar-refractivity contribution in [3.8, 4) is 0 Å². The van der Waals surface area contributed by atoms with E-state index in [0.717, 1.165) is 31.4 Å². The molecule has 0 aliphatic carbocycles. The maximum absolute atomic E-state index is 12.9. The first kappa shape index (κ1) is 15.9. The molecule has 2 rings (SSSR count). The molecule has 0 spiro atoms. The summed E-state index contributed by atoms with van der Waals surface area (Å²) >= 11 is 0. The van der Waals surface area contributed by atoms with Gasteiger partial charge in [0.15, 0.2) is 0 Å². The van der Waals surface area contributed by atoms with Crippen molar-refractivity contribution in [3.63, 3.8) is 0 Å². The summed E-state index contributed by atoms with van der Waals surface area (Å²) < 4.78 is 38.8. The van der Waals surface area contributed by atoms with Gasteiger partial charge in [0.05, 0.1) is 5.56 Å². The molecule has 7 heteroatoms. The minimum absolute atomic E-state index is 0.199. The minimum Gasteiger partial charge on any atom is -0.373 e. The summed E-state index contributed by atoms with van der Waals surface area (Å²) in [4.78, 5) is 4.16. The molecule has 1 saturated heterocycles. The van der Waals surface area contributed by atoms with Crippen molar-refractivity contribution in [2.75, 3.05) is 17.8 Å². The molecule has 0 aromatic carbocycles. The molecule has 1 aliphatic heterocycles. The average molecular weight is 302 g/mol. The predicted octanol–water partition coefficient (Wildman–Crippen LogP) is 3.73. The number of nitrogens with zero attached hydrogens (tertiary/aromatic N) is 2. The number of hydrogen-bond donors (Lipinski definition) is 2. The first-order chi connectivity index (χ1) is 9.81. The van der Waals surface area contributed by atoms with Gasteiger partial charge in [-0.2, -0.15) is 13.2 Å². The molecule has 2 heterocycles. The number of alkyl halides is 3. The van der Waals surface area contributed by atoms with Crippen LogP contribution in [0.4, 0.5) is 24.8 Å². The molecule has 2 unspecified atom stereocenters. The van der Waals surface area contributed by atoms with Crippen LogP contribution in [-0.4, -0.2) is 29.1 Å². The van der Waals surface area contributed by atoms with Crippen LogP contribution in [0.1, 0.15) is 38.7 Å². The molecule has 21 heavy (non-hydrogen) atoms. The van der Waals surface area contributed by atoms with Crippen LogP contribution < -0.4 is 10.7 Å². The fourth-order valence-electron chi connectivity index (χ4n) is 2.65. The minimum atomic E-state index is -4.38. The number of rotatable bonds is 3. The highest BCUT2D eigenvalue weighted by molar-refractivity contribution is 5.49. The maximum Gasteiger partial charge on any atom is 0.416 e. The Morgan fingerprint density at radius 2 is 1.71 bits per heavy atom. The van der Waals surface area contributed by atoms with Crippen LogP contribution >= 0.6 is 0 Å². The van der Waals surface area contributed by atoms with Gasteiger partial charge in [0.25, 0.3) is 0 Å². The van der Waals surface area contributed by atoms with Gasteiger partial charge in [-0.1, -0.05) is 6.42 Å². The van der Waals surface area contributed by atoms with Crippen LogP contribution in [0.2, 0.25) is 0 Å². The number of aromatic nitrogens is 1. The molecule has 0 radical (unpaired) electrons. The Morgan fingerprint density at radius 1 is 1.14 bits per heavy atom. The third-order valence-electron chi connectivity index (χ3n) is 3.85. The molecule has 0 amide bonds. The molecule has 4 nitrogen and oxygen atoms in total. The van der Waals surface area contributed by atoms with Crippen LogP contribution in [0.3, 0.4) is 0 Å². The van der Waals surface area contributed by atoms with Crippen LogP contribution in [0.25, 0.3) is 0 Å². The number of halogens is 3. The van der Waals surface area contributed by atoms with E-state index in [9.17, 15) is 13.2 Å². The normalized spacial score (nSPS) is 23.9. The van der Waals surface area contributed by atoms with Crippen molar-refractivity contribution in [1.82, 2.24) is 9.99 Å². The highest BCUT2D eigenvalue weighted by Crippen LogP contribution is 2.32. The number of pyridine rings is 1. The molecule has 1 aliphatic rings.